The van der Waals surface area contributed by atoms with Crippen molar-refractivity contribution in [1.29, 1.82) is 0 Å². The molecule has 1 atom stereocenters. The highest BCUT2D eigenvalue weighted by Crippen LogP contribution is 2.36. The number of anilines is 1. The Hall–Kier alpha value is -2.50. The van der Waals surface area contributed by atoms with Crippen molar-refractivity contribution in [2.45, 2.75) is 19.4 Å². The minimum atomic E-state index is -0.730. The Bertz CT molecular complexity index is 1140. The Labute approximate surface area is 158 Å². The molecule has 26 heavy (non-hydrogen) atoms. The molecule has 7 heteroatoms. The number of aromatic nitrogens is 1. The zero-order chi connectivity index (χ0) is 18.6. The van der Waals surface area contributed by atoms with Gasteiger partial charge < -0.3 is 15.0 Å². The predicted molar refractivity (Wildman–Crippen MR) is 103 cm³/mol. The molecule has 3 aromatic rings. The first-order valence-electron chi connectivity index (χ1n) is 8.04. The highest BCUT2D eigenvalue weighted by molar-refractivity contribution is 6.36. The molecule has 2 N–H and O–H groups in total. The Morgan fingerprint density at radius 1 is 1.27 bits per heavy atom. The number of hydrogen-bond acceptors (Lipinski definition) is 3. The molecule has 2 aromatic carbocycles. The lowest BCUT2D eigenvalue weighted by Gasteiger charge is -2.14. The number of para-hydroxylation sites is 1. The fourth-order valence-electron chi connectivity index (χ4n) is 3.50. The SMILES string of the molecule is C[C@@H]1Cc2cccc3c(O)c(C(=O)Nc4cc(Cl)ccc4Cl)c(=O)n1c23. The van der Waals surface area contributed by atoms with Crippen molar-refractivity contribution in [2.75, 3.05) is 5.32 Å². The third-order valence-corrected chi connectivity index (χ3v) is 5.21. The fraction of sp³-hybridized carbons (Fsp3) is 0.158. The highest BCUT2D eigenvalue weighted by Gasteiger charge is 2.29. The molecule has 1 aliphatic rings. The number of hydrogen-bond donors (Lipinski definition) is 2. The predicted octanol–water partition coefficient (Wildman–Crippen LogP) is 4.38. The second-order valence-electron chi connectivity index (χ2n) is 6.34. The topological polar surface area (TPSA) is 71.3 Å². The van der Waals surface area contributed by atoms with Crippen LogP contribution in [-0.4, -0.2) is 15.6 Å². The maximum Gasteiger partial charge on any atom is 0.268 e. The number of nitrogens with one attached hydrogen (secondary N) is 1. The van der Waals surface area contributed by atoms with E-state index in [1.54, 1.807) is 28.8 Å². The zero-order valence-electron chi connectivity index (χ0n) is 13.7. The number of aromatic hydroxyl groups is 1. The Balaban J connectivity index is 1.89. The van der Waals surface area contributed by atoms with Gasteiger partial charge in [-0.2, -0.15) is 0 Å². The largest absolute Gasteiger partial charge is 0.506 e. The highest BCUT2D eigenvalue weighted by atomic mass is 35.5. The Morgan fingerprint density at radius 3 is 2.81 bits per heavy atom. The van der Waals surface area contributed by atoms with Crippen LogP contribution in [0, 0.1) is 0 Å². The quantitative estimate of drug-likeness (QED) is 0.683. The van der Waals surface area contributed by atoms with Crippen LogP contribution in [0.1, 0.15) is 28.9 Å². The summed E-state index contributed by atoms with van der Waals surface area (Å²) in [5, 5.41) is 14.4. The number of rotatable bonds is 2. The van der Waals surface area contributed by atoms with Gasteiger partial charge in [-0.25, -0.2) is 0 Å². The maximum absolute atomic E-state index is 12.9. The lowest BCUT2D eigenvalue weighted by molar-refractivity contribution is 0.102. The van der Waals surface area contributed by atoms with Crippen molar-refractivity contribution < 1.29 is 9.90 Å². The van der Waals surface area contributed by atoms with Gasteiger partial charge in [0.2, 0.25) is 0 Å². The summed E-state index contributed by atoms with van der Waals surface area (Å²) in [5.41, 5.74) is 1.10. The van der Waals surface area contributed by atoms with Gasteiger partial charge in [0.1, 0.15) is 11.3 Å². The standard InChI is InChI=1S/C19H14Cl2N2O3/c1-9-7-10-3-2-4-12-16(10)23(9)19(26)15(17(12)24)18(25)22-14-8-11(20)5-6-13(14)21/h2-6,8-9,24H,7H2,1H3,(H,22,25)/t9-/m1/s1. The molecule has 2 heterocycles. The van der Waals surface area contributed by atoms with Crippen LogP contribution < -0.4 is 10.9 Å². The summed E-state index contributed by atoms with van der Waals surface area (Å²) >= 11 is 12.0. The molecule has 0 saturated carbocycles. The van der Waals surface area contributed by atoms with E-state index in [2.05, 4.69) is 5.32 Å². The van der Waals surface area contributed by atoms with Crippen LogP contribution in [0.2, 0.25) is 10.0 Å². The van der Waals surface area contributed by atoms with Crippen LogP contribution in [0.3, 0.4) is 0 Å². The first-order chi connectivity index (χ1) is 12.4. The summed E-state index contributed by atoms with van der Waals surface area (Å²) in [6.45, 7) is 1.91. The second-order valence-corrected chi connectivity index (χ2v) is 7.19. The van der Waals surface area contributed by atoms with E-state index in [0.29, 0.717) is 22.3 Å². The molecule has 0 aliphatic carbocycles. The smallest absolute Gasteiger partial charge is 0.268 e. The molecular weight excluding hydrogens is 375 g/mol. The molecule has 0 radical (unpaired) electrons. The molecule has 5 nitrogen and oxygen atoms in total. The van der Waals surface area contributed by atoms with Gasteiger partial charge in [0.25, 0.3) is 11.5 Å². The van der Waals surface area contributed by atoms with Gasteiger partial charge >= 0.3 is 0 Å². The van der Waals surface area contributed by atoms with E-state index in [9.17, 15) is 14.7 Å². The van der Waals surface area contributed by atoms with Gasteiger partial charge in [-0.15, -0.1) is 0 Å². The maximum atomic E-state index is 12.9. The van der Waals surface area contributed by atoms with Crippen molar-refractivity contribution in [1.82, 2.24) is 4.57 Å². The minimum absolute atomic E-state index is 0.0932. The summed E-state index contributed by atoms with van der Waals surface area (Å²) in [4.78, 5) is 25.7. The van der Waals surface area contributed by atoms with Crippen molar-refractivity contribution in [3.8, 4) is 5.75 Å². The van der Waals surface area contributed by atoms with Gasteiger partial charge in [0.05, 0.1) is 16.2 Å². The summed E-state index contributed by atoms with van der Waals surface area (Å²) in [7, 11) is 0. The van der Waals surface area contributed by atoms with Crippen molar-refractivity contribution in [2.24, 2.45) is 0 Å². The van der Waals surface area contributed by atoms with E-state index in [4.69, 9.17) is 23.2 Å². The average molecular weight is 389 g/mol. The van der Waals surface area contributed by atoms with Crippen LogP contribution in [0.15, 0.2) is 41.2 Å². The molecule has 1 aliphatic heterocycles. The van der Waals surface area contributed by atoms with E-state index in [1.807, 2.05) is 13.0 Å². The molecule has 0 saturated heterocycles. The fourth-order valence-corrected chi connectivity index (χ4v) is 3.84. The first-order valence-corrected chi connectivity index (χ1v) is 8.79. The van der Waals surface area contributed by atoms with Crippen LogP contribution in [0.5, 0.6) is 5.75 Å². The number of pyridine rings is 1. The van der Waals surface area contributed by atoms with Crippen molar-refractivity contribution in [3.05, 3.63) is 67.9 Å². The van der Waals surface area contributed by atoms with Crippen molar-refractivity contribution >= 4 is 45.7 Å². The van der Waals surface area contributed by atoms with Crippen LogP contribution >= 0.6 is 23.2 Å². The molecule has 132 valence electrons. The Morgan fingerprint density at radius 2 is 2.04 bits per heavy atom. The summed E-state index contributed by atoms with van der Waals surface area (Å²) < 4.78 is 1.57. The first kappa shape index (κ1) is 16.9. The number of amides is 1. The van der Waals surface area contributed by atoms with Gasteiger partial charge in [0, 0.05) is 16.5 Å². The van der Waals surface area contributed by atoms with E-state index >= 15 is 0 Å². The van der Waals surface area contributed by atoms with Crippen molar-refractivity contribution in [3.63, 3.8) is 0 Å². The molecule has 0 fully saturated rings. The zero-order valence-corrected chi connectivity index (χ0v) is 15.2. The molecule has 0 unspecified atom stereocenters. The number of carbonyl (C=O) groups excluding carboxylic acids is 1. The molecule has 1 aromatic heterocycles. The normalized spacial score (nSPS) is 15.4. The lowest BCUT2D eigenvalue weighted by Crippen LogP contribution is -2.30. The van der Waals surface area contributed by atoms with E-state index < -0.39 is 11.5 Å². The molecule has 1 amide bonds. The van der Waals surface area contributed by atoms with Gasteiger partial charge in [0.15, 0.2) is 0 Å². The summed E-state index contributed by atoms with van der Waals surface area (Å²) in [5.74, 6) is -1.06. The summed E-state index contributed by atoms with van der Waals surface area (Å²) in [6.07, 6.45) is 0.678. The number of nitrogens with zero attached hydrogens (tertiary/aromatic N) is 1. The monoisotopic (exact) mass is 388 g/mol. The molecular formula is C19H14Cl2N2O3. The number of benzene rings is 2. The Kier molecular flexibility index (Phi) is 3.93. The van der Waals surface area contributed by atoms with E-state index in [0.717, 1.165) is 5.56 Å². The minimum Gasteiger partial charge on any atom is -0.506 e. The third-order valence-electron chi connectivity index (χ3n) is 4.64. The van der Waals surface area contributed by atoms with E-state index in [1.165, 1.54) is 6.07 Å². The molecule has 0 spiro atoms. The summed E-state index contributed by atoms with van der Waals surface area (Å²) in [6, 6.07) is 9.95. The third kappa shape index (κ3) is 2.47. The lowest BCUT2D eigenvalue weighted by atomic mass is 10.1. The average Bonchev–Trinajstić information content (AvgIpc) is 2.93. The second kappa shape index (κ2) is 6.04. The van der Waals surface area contributed by atoms with E-state index in [-0.39, 0.29) is 28.1 Å². The van der Waals surface area contributed by atoms with Crippen LogP contribution in [0.25, 0.3) is 10.9 Å². The molecule has 0 bridgehead atoms. The molecule has 4 rings (SSSR count). The number of carbonyl (C=O) groups is 1. The number of halogens is 2. The van der Waals surface area contributed by atoms with Crippen LogP contribution in [-0.2, 0) is 6.42 Å². The van der Waals surface area contributed by atoms with Gasteiger partial charge in [-0.1, -0.05) is 35.3 Å². The van der Waals surface area contributed by atoms with Gasteiger partial charge in [-0.05, 0) is 43.2 Å². The van der Waals surface area contributed by atoms with Gasteiger partial charge in [-0.3, -0.25) is 9.59 Å². The van der Waals surface area contributed by atoms with Crippen LogP contribution in [0.4, 0.5) is 5.69 Å².